The van der Waals surface area contributed by atoms with Gasteiger partial charge in [0.2, 0.25) is 0 Å². The third-order valence-corrected chi connectivity index (χ3v) is 3.42. The van der Waals surface area contributed by atoms with Crippen LogP contribution in [0.15, 0.2) is 16.7 Å². The lowest BCUT2D eigenvalue weighted by molar-refractivity contribution is 0.517. The summed E-state index contributed by atoms with van der Waals surface area (Å²) in [6, 6.07) is 1.96. The van der Waals surface area contributed by atoms with Gasteiger partial charge >= 0.3 is 0 Å². The minimum absolute atomic E-state index is 0.796. The number of hydrogen-bond acceptors (Lipinski definition) is 5. The fourth-order valence-corrected chi connectivity index (χ4v) is 2.46. The minimum atomic E-state index is 0.796. The molecule has 2 rings (SSSR count). The predicted octanol–water partition coefficient (Wildman–Crippen LogP) is 2.86. The van der Waals surface area contributed by atoms with E-state index in [0.29, 0.717) is 0 Å². The zero-order valence-corrected chi connectivity index (χ0v) is 11.0. The Balaban J connectivity index is 2.07. The van der Waals surface area contributed by atoms with Crippen LogP contribution < -0.4 is 5.32 Å². The van der Waals surface area contributed by atoms with Gasteiger partial charge in [-0.1, -0.05) is 25.2 Å². The molecule has 4 nitrogen and oxygen atoms in total. The molecule has 0 amide bonds. The van der Waals surface area contributed by atoms with Gasteiger partial charge in [0.25, 0.3) is 0 Å². The van der Waals surface area contributed by atoms with E-state index in [1.165, 1.54) is 0 Å². The summed E-state index contributed by atoms with van der Waals surface area (Å²) in [4.78, 5) is 0. The second kappa shape index (κ2) is 5.93. The Bertz CT molecular complexity index is 464. The van der Waals surface area contributed by atoms with E-state index in [2.05, 4.69) is 29.4 Å². The molecule has 0 spiro atoms. The normalized spacial score (nSPS) is 10.9. The highest BCUT2D eigenvalue weighted by molar-refractivity contribution is 7.14. The lowest BCUT2D eigenvalue weighted by Crippen LogP contribution is -2.13. The van der Waals surface area contributed by atoms with Gasteiger partial charge in [-0.3, -0.25) is 0 Å². The largest absolute Gasteiger partial charge is 0.469 e. The van der Waals surface area contributed by atoms with Crippen LogP contribution in [0.3, 0.4) is 0 Å². The van der Waals surface area contributed by atoms with E-state index >= 15 is 0 Å². The van der Waals surface area contributed by atoms with E-state index in [0.717, 1.165) is 47.3 Å². The first-order valence-electron chi connectivity index (χ1n) is 5.95. The zero-order chi connectivity index (χ0) is 12.1. The Morgan fingerprint density at radius 1 is 1.35 bits per heavy atom. The van der Waals surface area contributed by atoms with Crippen LogP contribution >= 0.6 is 11.3 Å². The van der Waals surface area contributed by atoms with Gasteiger partial charge < -0.3 is 9.73 Å². The molecule has 0 aliphatic rings. The molecule has 0 aromatic carbocycles. The van der Waals surface area contributed by atoms with E-state index in [1.54, 1.807) is 17.6 Å². The van der Waals surface area contributed by atoms with Crippen molar-refractivity contribution in [2.24, 2.45) is 0 Å². The van der Waals surface area contributed by atoms with Crippen LogP contribution in [-0.4, -0.2) is 16.7 Å². The summed E-state index contributed by atoms with van der Waals surface area (Å²) in [5.41, 5.74) is 1.08. The van der Waals surface area contributed by atoms with Crippen molar-refractivity contribution in [3.8, 4) is 10.6 Å². The molecule has 0 bridgehead atoms. The molecule has 0 aliphatic carbocycles. The zero-order valence-electron chi connectivity index (χ0n) is 10.2. The minimum Gasteiger partial charge on any atom is -0.469 e. The van der Waals surface area contributed by atoms with Gasteiger partial charge in [-0.2, -0.15) is 0 Å². The van der Waals surface area contributed by atoms with Crippen molar-refractivity contribution in [1.82, 2.24) is 15.5 Å². The molecule has 2 heterocycles. The molecule has 0 radical (unpaired) electrons. The van der Waals surface area contributed by atoms with Gasteiger partial charge in [0.05, 0.1) is 11.8 Å². The van der Waals surface area contributed by atoms with Gasteiger partial charge in [-0.25, -0.2) is 0 Å². The Kier molecular flexibility index (Phi) is 4.28. The predicted molar refractivity (Wildman–Crippen MR) is 69.0 cm³/mol. The second-order valence-corrected chi connectivity index (χ2v) is 4.85. The van der Waals surface area contributed by atoms with Crippen molar-refractivity contribution in [2.75, 3.05) is 6.54 Å². The topological polar surface area (TPSA) is 51.0 Å². The van der Waals surface area contributed by atoms with Crippen LogP contribution in [0.2, 0.25) is 0 Å². The summed E-state index contributed by atoms with van der Waals surface area (Å²) in [6.07, 6.45) is 3.73. The van der Waals surface area contributed by atoms with E-state index in [-0.39, 0.29) is 0 Å². The summed E-state index contributed by atoms with van der Waals surface area (Å²) in [6.45, 7) is 6.04. The highest BCUT2D eigenvalue weighted by Crippen LogP contribution is 2.28. The maximum atomic E-state index is 5.40. The Morgan fingerprint density at radius 3 is 3.00 bits per heavy atom. The molecule has 0 saturated heterocycles. The number of rotatable bonds is 6. The quantitative estimate of drug-likeness (QED) is 0.802. The molecule has 0 unspecified atom stereocenters. The fraction of sp³-hybridized carbons (Fsp3) is 0.500. The summed E-state index contributed by atoms with van der Waals surface area (Å²) >= 11 is 1.63. The van der Waals surface area contributed by atoms with Crippen molar-refractivity contribution < 1.29 is 4.42 Å². The Morgan fingerprint density at radius 2 is 2.24 bits per heavy atom. The molecule has 5 heteroatoms. The van der Waals surface area contributed by atoms with E-state index in [4.69, 9.17) is 4.42 Å². The molecule has 0 aliphatic heterocycles. The first-order chi connectivity index (χ1) is 8.35. The number of furan rings is 1. The molecule has 0 saturated carbocycles. The van der Waals surface area contributed by atoms with Gasteiger partial charge in [0, 0.05) is 13.0 Å². The Labute approximate surface area is 105 Å². The van der Waals surface area contributed by atoms with E-state index in [9.17, 15) is 0 Å². The average Bonchev–Trinajstić information content (AvgIpc) is 2.96. The maximum Gasteiger partial charge on any atom is 0.151 e. The third-order valence-electron chi connectivity index (χ3n) is 2.47. The van der Waals surface area contributed by atoms with Gasteiger partial charge in [-0.15, -0.1) is 10.2 Å². The highest BCUT2D eigenvalue weighted by Gasteiger charge is 2.12. The number of nitrogens with zero attached hydrogens (tertiary/aromatic N) is 2. The highest BCUT2D eigenvalue weighted by atomic mass is 32.1. The summed E-state index contributed by atoms with van der Waals surface area (Å²) in [5.74, 6) is 0.981. The number of aryl methyl sites for hydroxylation is 1. The van der Waals surface area contributed by atoms with Crippen molar-refractivity contribution in [3.05, 3.63) is 23.1 Å². The standard InChI is InChI=1S/C12H17N3OS/c1-3-6-13-8-11-14-15-12(17-11)9-5-7-16-10(9)4-2/h5,7,13H,3-4,6,8H2,1-2H3. The van der Waals surface area contributed by atoms with E-state index in [1.807, 2.05) is 6.07 Å². The molecule has 0 fully saturated rings. The van der Waals surface area contributed by atoms with Gasteiger partial charge in [0.15, 0.2) is 5.01 Å². The van der Waals surface area contributed by atoms with Crippen LogP contribution in [0, 0.1) is 0 Å². The molecule has 92 valence electrons. The average molecular weight is 251 g/mol. The SMILES string of the molecule is CCCNCc1nnc(-c2ccoc2CC)s1. The van der Waals surface area contributed by atoms with Crippen molar-refractivity contribution >= 4 is 11.3 Å². The maximum absolute atomic E-state index is 5.40. The van der Waals surface area contributed by atoms with Crippen LogP contribution in [0.5, 0.6) is 0 Å². The number of nitrogens with one attached hydrogen (secondary N) is 1. The monoisotopic (exact) mass is 251 g/mol. The molecule has 2 aromatic rings. The molecule has 1 N–H and O–H groups in total. The molecule has 0 atom stereocenters. The van der Waals surface area contributed by atoms with Crippen LogP contribution in [0.1, 0.15) is 31.0 Å². The van der Waals surface area contributed by atoms with Crippen molar-refractivity contribution in [3.63, 3.8) is 0 Å². The van der Waals surface area contributed by atoms with Crippen molar-refractivity contribution in [1.29, 1.82) is 0 Å². The third kappa shape index (κ3) is 2.92. The molecule has 17 heavy (non-hydrogen) atoms. The lowest BCUT2D eigenvalue weighted by Gasteiger charge is -1.96. The van der Waals surface area contributed by atoms with E-state index < -0.39 is 0 Å². The fourth-order valence-electron chi connectivity index (χ4n) is 1.61. The first-order valence-corrected chi connectivity index (χ1v) is 6.76. The summed E-state index contributed by atoms with van der Waals surface area (Å²) in [7, 11) is 0. The summed E-state index contributed by atoms with van der Waals surface area (Å²) in [5, 5.41) is 13.7. The smallest absolute Gasteiger partial charge is 0.151 e. The van der Waals surface area contributed by atoms with Crippen LogP contribution in [0.4, 0.5) is 0 Å². The van der Waals surface area contributed by atoms with Crippen molar-refractivity contribution in [2.45, 2.75) is 33.2 Å². The van der Waals surface area contributed by atoms with Gasteiger partial charge in [-0.05, 0) is 19.0 Å². The molecular weight excluding hydrogens is 234 g/mol. The summed E-state index contributed by atoms with van der Waals surface area (Å²) < 4.78 is 5.40. The molecule has 2 aromatic heterocycles. The number of aromatic nitrogens is 2. The van der Waals surface area contributed by atoms with Crippen LogP contribution in [0.25, 0.3) is 10.6 Å². The first kappa shape index (κ1) is 12.3. The molecular formula is C12H17N3OS. The van der Waals surface area contributed by atoms with Gasteiger partial charge in [0.1, 0.15) is 10.8 Å². The Hall–Kier alpha value is -1.20. The van der Waals surface area contributed by atoms with Crippen LogP contribution in [-0.2, 0) is 13.0 Å². The number of hydrogen-bond donors (Lipinski definition) is 1. The second-order valence-electron chi connectivity index (χ2n) is 3.79. The lowest BCUT2D eigenvalue weighted by atomic mass is 10.2.